The van der Waals surface area contributed by atoms with Gasteiger partial charge >= 0.3 is 0 Å². The zero-order chi connectivity index (χ0) is 15.7. The Labute approximate surface area is 143 Å². The van der Waals surface area contributed by atoms with Gasteiger partial charge in [0.25, 0.3) is 0 Å². The molecule has 1 aliphatic carbocycles. The van der Waals surface area contributed by atoms with Crippen molar-refractivity contribution in [2.75, 3.05) is 6.61 Å². The van der Waals surface area contributed by atoms with Crippen LogP contribution in [-0.4, -0.2) is 23.4 Å². The Kier molecular flexibility index (Phi) is 5.81. The number of ether oxygens (including phenoxy) is 1. The van der Waals surface area contributed by atoms with Gasteiger partial charge in [0.15, 0.2) is 0 Å². The Morgan fingerprint density at radius 3 is 2.86 bits per heavy atom. The van der Waals surface area contributed by atoms with Gasteiger partial charge in [0.05, 0.1) is 18.3 Å². The molecule has 1 saturated heterocycles. The first-order valence-electron chi connectivity index (χ1n) is 8.41. The largest absolute Gasteiger partial charge is 0.390 e. The van der Waals surface area contributed by atoms with Crippen molar-refractivity contribution in [2.45, 2.75) is 77.9 Å². The summed E-state index contributed by atoms with van der Waals surface area (Å²) in [4.78, 5) is 0. The fourth-order valence-electron chi connectivity index (χ4n) is 4.43. The molecule has 3 heteroatoms. The Morgan fingerprint density at radius 2 is 2.24 bits per heavy atom. The minimum atomic E-state index is -0.537. The summed E-state index contributed by atoms with van der Waals surface area (Å²) in [6.07, 6.45) is 7.36. The first kappa shape index (κ1) is 17.7. The van der Waals surface area contributed by atoms with Gasteiger partial charge in [-0.1, -0.05) is 48.4 Å². The maximum absolute atomic E-state index is 9.86. The zero-order valence-electron chi connectivity index (χ0n) is 14.0. The Hall–Kier alpha value is 0.390. The molecule has 0 aromatic carbocycles. The number of halogens is 1. The molecule has 1 heterocycles. The first-order valence-corrected chi connectivity index (χ1v) is 9.65. The summed E-state index contributed by atoms with van der Waals surface area (Å²) in [6.45, 7) is 9.50. The zero-order valence-corrected chi connectivity index (χ0v) is 16.2. The molecule has 1 aliphatic heterocycles. The molecule has 122 valence electrons. The van der Waals surface area contributed by atoms with Crippen LogP contribution in [0.2, 0.25) is 0 Å². The van der Waals surface area contributed by atoms with Crippen molar-refractivity contribution >= 4 is 22.6 Å². The van der Waals surface area contributed by atoms with E-state index in [9.17, 15) is 5.11 Å². The summed E-state index contributed by atoms with van der Waals surface area (Å²) >= 11 is 2.40. The van der Waals surface area contributed by atoms with Crippen LogP contribution in [0.15, 0.2) is 9.66 Å². The molecule has 0 amide bonds. The number of hydrogen-bond acceptors (Lipinski definition) is 2. The lowest BCUT2D eigenvalue weighted by Gasteiger charge is -2.42. The van der Waals surface area contributed by atoms with Crippen LogP contribution in [0.4, 0.5) is 0 Å². The number of hydrogen-bond donors (Lipinski definition) is 1. The van der Waals surface area contributed by atoms with E-state index in [1.165, 1.54) is 19.3 Å². The molecule has 0 bridgehead atoms. The molecular weight excluding hydrogens is 375 g/mol. The van der Waals surface area contributed by atoms with Crippen molar-refractivity contribution in [3.05, 3.63) is 9.66 Å². The lowest BCUT2D eigenvalue weighted by atomic mass is 9.62. The predicted molar refractivity (Wildman–Crippen MR) is 96.6 cm³/mol. The molecule has 0 aromatic rings. The second-order valence-corrected chi connectivity index (χ2v) is 8.65. The molecule has 0 radical (unpaired) electrons. The quantitative estimate of drug-likeness (QED) is 0.645. The van der Waals surface area contributed by atoms with Crippen molar-refractivity contribution in [3.63, 3.8) is 0 Å². The van der Waals surface area contributed by atoms with Crippen molar-refractivity contribution in [2.24, 2.45) is 17.3 Å². The van der Waals surface area contributed by atoms with Gasteiger partial charge < -0.3 is 9.84 Å². The highest BCUT2D eigenvalue weighted by atomic mass is 127. The maximum atomic E-state index is 9.86. The Bertz CT molecular complexity index is 385. The van der Waals surface area contributed by atoms with Gasteiger partial charge in [-0.2, -0.15) is 0 Å². The third-order valence-electron chi connectivity index (χ3n) is 5.62. The maximum Gasteiger partial charge on any atom is 0.0661 e. The van der Waals surface area contributed by atoms with Crippen molar-refractivity contribution in [1.82, 2.24) is 0 Å². The van der Waals surface area contributed by atoms with E-state index in [4.69, 9.17) is 4.74 Å². The van der Waals surface area contributed by atoms with Gasteiger partial charge in [-0.25, -0.2) is 0 Å². The number of rotatable bonds is 5. The standard InChI is InChI=1S/C18H31IO2/c1-13(7-5-9-17(2,3)20)16-18(4)10-6-8-14(11-19)15(18)12-21-16/h11,13,15-16,20H,5-10,12H2,1-4H3/b14-11+/t13-,15+,16+,18+/m1/s1. The van der Waals surface area contributed by atoms with Gasteiger partial charge in [-0.3, -0.25) is 0 Å². The van der Waals surface area contributed by atoms with Gasteiger partial charge in [-0.05, 0) is 56.0 Å². The molecule has 0 aromatic heterocycles. The second kappa shape index (κ2) is 6.88. The lowest BCUT2D eigenvalue weighted by molar-refractivity contribution is 0.0000366. The van der Waals surface area contributed by atoms with E-state index in [2.05, 4.69) is 40.5 Å². The molecule has 4 atom stereocenters. The van der Waals surface area contributed by atoms with Gasteiger partial charge in [0.1, 0.15) is 0 Å². The number of fused-ring (bicyclic) bond motifs is 1. The summed E-state index contributed by atoms with van der Waals surface area (Å²) < 4.78 is 8.57. The van der Waals surface area contributed by atoms with Crippen molar-refractivity contribution in [3.8, 4) is 0 Å². The number of aliphatic hydroxyl groups is 1. The van der Waals surface area contributed by atoms with E-state index in [1.807, 2.05) is 13.8 Å². The fourth-order valence-corrected chi connectivity index (χ4v) is 5.17. The van der Waals surface area contributed by atoms with Crippen LogP contribution in [0.3, 0.4) is 0 Å². The van der Waals surface area contributed by atoms with E-state index in [0.717, 1.165) is 25.9 Å². The van der Waals surface area contributed by atoms with Crippen LogP contribution >= 0.6 is 22.6 Å². The Balaban J connectivity index is 1.97. The monoisotopic (exact) mass is 406 g/mol. The molecule has 2 aliphatic rings. The molecular formula is C18H31IO2. The topological polar surface area (TPSA) is 29.5 Å². The molecule has 2 fully saturated rings. The molecule has 2 nitrogen and oxygen atoms in total. The van der Waals surface area contributed by atoms with Crippen LogP contribution in [-0.2, 0) is 4.74 Å². The minimum Gasteiger partial charge on any atom is -0.390 e. The highest BCUT2D eigenvalue weighted by Gasteiger charge is 2.51. The highest BCUT2D eigenvalue weighted by molar-refractivity contribution is 14.1. The second-order valence-electron chi connectivity index (χ2n) is 8.03. The first-order chi connectivity index (χ1) is 9.78. The molecule has 1 N–H and O–H groups in total. The van der Waals surface area contributed by atoms with Gasteiger partial charge in [-0.15, -0.1) is 0 Å². The third-order valence-corrected chi connectivity index (χ3v) is 6.42. The third kappa shape index (κ3) is 4.03. The van der Waals surface area contributed by atoms with Crippen LogP contribution in [0.1, 0.15) is 66.2 Å². The van der Waals surface area contributed by atoms with E-state index in [-0.39, 0.29) is 0 Å². The summed E-state index contributed by atoms with van der Waals surface area (Å²) in [5.41, 5.74) is 1.39. The molecule has 0 spiro atoms. The van der Waals surface area contributed by atoms with E-state index in [0.29, 0.717) is 23.4 Å². The molecule has 0 unspecified atom stereocenters. The van der Waals surface area contributed by atoms with Crippen LogP contribution in [0.5, 0.6) is 0 Å². The van der Waals surface area contributed by atoms with Crippen LogP contribution in [0.25, 0.3) is 0 Å². The van der Waals surface area contributed by atoms with E-state index >= 15 is 0 Å². The summed E-state index contributed by atoms with van der Waals surface area (Å²) in [6, 6.07) is 0. The molecule has 1 saturated carbocycles. The van der Waals surface area contributed by atoms with Gasteiger partial charge in [0, 0.05) is 11.3 Å². The lowest BCUT2D eigenvalue weighted by Crippen LogP contribution is -2.40. The van der Waals surface area contributed by atoms with E-state index in [1.54, 1.807) is 5.57 Å². The van der Waals surface area contributed by atoms with Crippen molar-refractivity contribution in [1.29, 1.82) is 0 Å². The van der Waals surface area contributed by atoms with Crippen LogP contribution in [0, 0.1) is 17.3 Å². The summed E-state index contributed by atoms with van der Waals surface area (Å²) in [7, 11) is 0. The predicted octanol–water partition coefficient (Wildman–Crippen LogP) is 5.09. The Morgan fingerprint density at radius 1 is 1.52 bits per heavy atom. The van der Waals surface area contributed by atoms with Crippen LogP contribution < -0.4 is 0 Å². The summed E-state index contributed by atoms with van der Waals surface area (Å²) in [5.74, 6) is 1.21. The van der Waals surface area contributed by atoms with Gasteiger partial charge in [0.2, 0.25) is 0 Å². The smallest absolute Gasteiger partial charge is 0.0661 e. The minimum absolute atomic E-state index is 0.323. The normalized spacial score (nSPS) is 36.8. The fraction of sp³-hybridized carbons (Fsp3) is 0.889. The average molecular weight is 406 g/mol. The molecule has 21 heavy (non-hydrogen) atoms. The van der Waals surface area contributed by atoms with E-state index < -0.39 is 5.60 Å². The summed E-state index contributed by atoms with van der Waals surface area (Å²) in [5, 5.41) is 9.86. The SMILES string of the molecule is C[C@H](CCCC(C)(C)O)[C@@H]1OC[C@H]2/C(=C/I)CCC[C@@]21C. The average Bonchev–Trinajstić information content (AvgIpc) is 2.73. The highest BCUT2D eigenvalue weighted by Crippen LogP contribution is 2.54. The molecule has 2 rings (SSSR count). The van der Waals surface area contributed by atoms with Crippen molar-refractivity contribution < 1.29 is 9.84 Å².